The Bertz CT molecular complexity index is 348. The minimum absolute atomic E-state index is 0.101. The third kappa shape index (κ3) is 2.75. The molecule has 0 aliphatic carbocycles. The van der Waals surface area contributed by atoms with Crippen molar-refractivity contribution in [1.29, 1.82) is 0 Å². The van der Waals surface area contributed by atoms with Crippen LogP contribution in [0.4, 0.5) is 0 Å². The van der Waals surface area contributed by atoms with Crippen LogP contribution in [0.5, 0.6) is 0 Å². The quantitative estimate of drug-likeness (QED) is 0.575. The molecule has 1 rings (SSSR count). The molecule has 1 heterocycles. The van der Waals surface area contributed by atoms with Gasteiger partial charge in [-0.2, -0.15) is 0 Å². The van der Waals surface area contributed by atoms with Crippen molar-refractivity contribution in [2.75, 3.05) is 13.6 Å². The molecule has 2 nitrogen and oxygen atoms in total. The Kier molecular flexibility index (Phi) is 4.34. The molecular weight excluding hydrogens is 198 g/mol. The zero-order valence-corrected chi connectivity index (χ0v) is 11.1. The molecule has 0 saturated carbocycles. The summed E-state index contributed by atoms with van der Waals surface area (Å²) in [4.78, 5) is 0. The Balaban J connectivity index is 3.01. The van der Waals surface area contributed by atoms with E-state index in [4.69, 9.17) is 0 Å². The lowest BCUT2D eigenvalue weighted by atomic mass is 9.91. The lowest BCUT2D eigenvalue weighted by Gasteiger charge is -2.19. The van der Waals surface area contributed by atoms with Crippen molar-refractivity contribution in [1.82, 2.24) is 0 Å². The summed E-state index contributed by atoms with van der Waals surface area (Å²) in [7, 11) is 2.10. The lowest BCUT2D eigenvalue weighted by molar-refractivity contribution is -0.499. The Morgan fingerprint density at radius 3 is 2.56 bits per heavy atom. The predicted octanol–water partition coefficient (Wildman–Crippen LogP) is 3.15. The monoisotopic (exact) mass is 222 g/mol. The Morgan fingerprint density at radius 2 is 2.06 bits per heavy atom. The number of allylic oxidation sites excluding steroid dienone is 3. The maximum Gasteiger partial charge on any atom is 0.186 e. The largest absolute Gasteiger partial charge is 0.512 e. The number of nitrogens with zero attached hydrogens (tertiary/aromatic N) is 1. The summed E-state index contributed by atoms with van der Waals surface area (Å²) < 4.78 is 2.25. The van der Waals surface area contributed by atoms with Crippen LogP contribution in [0, 0.1) is 11.8 Å². The molecular formula is C14H24NO+. The van der Waals surface area contributed by atoms with Crippen LogP contribution >= 0.6 is 0 Å². The molecule has 90 valence electrons. The van der Waals surface area contributed by atoms with Crippen molar-refractivity contribution < 1.29 is 9.68 Å². The number of aliphatic hydroxyl groups is 1. The maximum absolute atomic E-state index is 9.81. The van der Waals surface area contributed by atoms with Gasteiger partial charge in [0, 0.05) is 12.5 Å². The van der Waals surface area contributed by atoms with Crippen molar-refractivity contribution in [3.8, 4) is 0 Å². The van der Waals surface area contributed by atoms with Crippen molar-refractivity contribution in [2.45, 2.75) is 34.1 Å². The summed E-state index contributed by atoms with van der Waals surface area (Å²) >= 11 is 0. The average Bonchev–Trinajstić information content (AvgIpc) is 2.27. The average molecular weight is 222 g/mol. The third-order valence-corrected chi connectivity index (χ3v) is 3.43. The van der Waals surface area contributed by atoms with Crippen LogP contribution in [0.15, 0.2) is 23.5 Å². The lowest BCUT2D eigenvalue weighted by Crippen LogP contribution is -2.29. The van der Waals surface area contributed by atoms with E-state index in [0.29, 0.717) is 11.7 Å². The van der Waals surface area contributed by atoms with Gasteiger partial charge >= 0.3 is 0 Å². The second-order valence-electron chi connectivity index (χ2n) is 4.91. The summed E-state index contributed by atoms with van der Waals surface area (Å²) in [6.07, 6.45) is 5.18. The molecule has 0 radical (unpaired) electrons. The van der Waals surface area contributed by atoms with Crippen molar-refractivity contribution in [3.05, 3.63) is 23.5 Å². The summed E-state index contributed by atoms with van der Waals surface area (Å²) in [6.45, 7) is 9.45. The second-order valence-corrected chi connectivity index (χ2v) is 4.91. The molecule has 1 atom stereocenters. The van der Waals surface area contributed by atoms with Crippen LogP contribution in [0.2, 0.25) is 0 Å². The second kappa shape index (κ2) is 5.33. The molecule has 0 aromatic heterocycles. The van der Waals surface area contributed by atoms with E-state index in [1.54, 1.807) is 6.08 Å². The maximum atomic E-state index is 9.81. The van der Waals surface area contributed by atoms with Crippen LogP contribution in [0.3, 0.4) is 0 Å². The van der Waals surface area contributed by atoms with E-state index in [9.17, 15) is 5.11 Å². The topological polar surface area (TPSA) is 23.2 Å². The Hall–Kier alpha value is -1.05. The minimum Gasteiger partial charge on any atom is -0.512 e. The van der Waals surface area contributed by atoms with E-state index >= 15 is 0 Å². The zero-order valence-electron chi connectivity index (χ0n) is 11.1. The van der Waals surface area contributed by atoms with Crippen LogP contribution in [-0.4, -0.2) is 29.0 Å². The van der Waals surface area contributed by atoms with Crippen molar-refractivity contribution in [3.63, 3.8) is 0 Å². The first-order chi connectivity index (χ1) is 7.47. The fourth-order valence-electron chi connectivity index (χ4n) is 2.11. The molecule has 0 amide bonds. The molecule has 0 bridgehead atoms. The molecule has 0 fully saturated rings. The highest BCUT2D eigenvalue weighted by molar-refractivity contribution is 5.95. The molecule has 1 aliphatic rings. The van der Waals surface area contributed by atoms with Crippen molar-refractivity contribution >= 4 is 5.71 Å². The number of hydrogen-bond acceptors (Lipinski definition) is 1. The van der Waals surface area contributed by atoms with Crippen LogP contribution in [-0.2, 0) is 0 Å². The molecule has 16 heavy (non-hydrogen) atoms. The fraction of sp³-hybridized carbons (Fsp3) is 0.643. The number of rotatable bonds is 3. The van der Waals surface area contributed by atoms with Gasteiger partial charge in [0.25, 0.3) is 0 Å². The third-order valence-electron chi connectivity index (χ3n) is 3.43. The molecule has 1 unspecified atom stereocenters. The van der Waals surface area contributed by atoms with Gasteiger partial charge in [0.1, 0.15) is 19.4 Å². The molecule has 2 heteroatoms. The summed E-state index contributed by atoms with van der Waals surface area (Å²) in [5.74, 6) is 1.16. The molecule has 0 spiro atoms. The van der Waals surface area contributed by atoms with Crippen LogP contribution < -0.4 is 0 Å². The highest BCUT2D eigenvalue weighted by Crippen LogP contribution is 2.21. The minimum atomic E-state index is 0.101. The Morgan fingerprint density at radius 1 is 1.44 bits per heavy atom. The van der Waals surface area contributed by atoms with Gasteiger partial charge in [-0.25, -0.2) is 4.58 Å². The van der Waals surface area contributed by atoms with Crippen LogP contribution in [0.25, 0.3) is 0 Å². The first-order valence-corrected chi connectivity index (χ1v) is 6.11. The van der Waals surface area contributed by atoms with Crippen molar-refractivity contribution in [2.24, 2.45) is 11.8 Å². The normalized spacial score (nSPS) is 20.1. The van der Waals surface area contributed by atoms with Gasteiger partial charge in [-0.1, -0.05) is 19.4 Å². The SMILES string of the molecule is C/C=C(/O)C(C)C1=[N+](C)CCC(C(C)C)=C1. The molecule has 0 saturated heterocycles. The molecule has 0 aromatic rings. The summed E-state index contributed by atoms with van der Waals surface area (Å²) in [6, 6.07) is 0. The number of hydrogen-bond donors (Lipinski definition) is 1. The fourth-order valence-corrected chi connectivity index (χ4v) is 2.11. The van der Waals surface area contributed by atoms with E-state index in [-0.39, 0.29) is 5.92 Å². The number of aliphatic hydroxyl groups excluding tert-OH is 1. The summed E-state index contributed by atoms with van der Waals surface area (Å²) in [5.41, 5.74) is 2.72. The molecule has 1 aliphatic heterocycles. The van der Waals surface area contributed by atoms with Gasteiger partial charge in [-0.3, -0.25) is 0 Å². The van der Waals surface area contributed by atoms with Crippen LogP contribution in [0.1, 0.15) is 34.1 Å². The smallest absolute Gasteiger partial charge is 0.186 e. The van der Waals surface area contributed by atoms with E-state index in [0.717, 1.165) is 13.0 Å². The molecule has 0 aromatic carbocycles. The van der Waals surface area contributed by atoms with Gasteiger partial charge in [-0.05, 0) is 25.8 Å². The van der Waals surface area contributed by atoms with Gasteiger partial charge in [0.15, 0.2) is 5.71 Å². The van der Waals surface area contributed by atoms with E-state index in [1.165, 1.54) is 11.3 Å². The van der Waals surface area contributed by atoms with Gasteiger partial charge in [-0.15, -0.1) is 0 Å². The zero-order chi connectivity index (χ0) is 12.3. The highest BCUT2D eigenvalue weighted by Gasteiger charge is 2.25. The standard InChI is InChI=1S/C14H23NO/c1-6-14(16)11(4)13-9-12(10(2)3)7-8-15(13)5/h6,9-11H,7-8H2,1-5H3/p+1/b14-6+. The predicted molar refractivity (Wildman–Crippen MR) is 69.1 cm³/mol. The summed E-state index contributed by atoms with van der Waals surface area (Å²) in [5, 5.41) is 9.81. The van der Waals surface area contributed by atoms with Gasteiger partial charge in [0.2, 0.25) is 0 Å². The Labute approximate surface area is 99.0 Å². The molecule has 1 N–H and O–H groups in total. The first-order valence-electron chi connectivity index (χ1n) is 6.11. The highest BCUT2D eigenvalue weighted by atomic mass is 16.3. The first kappa shape index (κ1) is 13.0. The van der Waals surface area contributed by atoms with E-state index in [2.05, 4.69) is 38.5 Å². The van der Waals surface area contributed by atoms with Gasteiger partial charge in [0.05, 0.1) is 5.92 Å². The van der Waals surface area contributed by atoms with Gasteiger partial charge < -0.3 is 5.11 Å². The van der Waals surface area contributed by atoms with E-state index in [1.807, 2.05) is 6.92 Å². The van der Waals surface area contributed by atoms with E-state index < -0.39 is 0 Å².